The normalized spacial score (nSPS) is 28.3. The minimum atomic E-state index is -0.977. The highest BCUT2D eigenvalue weighted by Gasteiger charge is 2.50. The quantitative estimate of drug-likeness (QED) is 0.122. The van der Waals surface area contributed by atoms with Gasteiger partial charge in [-0.25, -0.2) is 24.0 Å². The van der Waals surface area contributed by atoms with E-state index in [1.54, 1.807) is 92.9 Å². The molecule has 8 rings (SSSR count). The van der Waals surface area contributed by atoms with Gasteiger partial charge in [0.15, 0.2) is 17.3 Å². The Labute approximate surface area is 577 Å². The summed E-state index contributed by atoms with van der Waals surface area (Å²) in [5.41, 5.74) is -2.66. The summed E-state index contributed by atoms with van der Waals surface area (Å²) in [5, 5.41) is 16.8. The number of fused-ring (bicyclic) bond motifs is 4. The van der Waals surface area contributed by atoms with E-state index < -0.39 is 107 Å². The second-order valence-electron chi connectivity index (χ2n) is 30.3. The molecular formula is C69H113N9O20. The number of hydrogen-bond donors (Lipinski definition) is 6. The lowest BCUT2D eigenvalue weighted by atomic mass is 9.81. The van der Waals surface area contributed by atoms with Gasteiger partial charge in [0, 0.05) is 62.8 Å². The van der Waals surface area contributed by atoms with Crippen LogP contribution in [0.4, 0.5) is 19.2 Å². The van der Waals surface area contributed by atoms with E-state index in [1.165, 1.54) is 33.0 Å². The molecule has 0 aromatic carbocycles. The summed E-state index contributed by atoms with van der Waals surface area (Å²) in [6.45, 7) is 26.0. The highest BCUT2D eigenvalue weighted by Crippen LogP contribution is 2.42. The molecule has 0 spiro atoms. The van der Waals surface area contributed by atoms with Gasteiger partial charge in [-0.05, 0) is 199 Å². The molecule has 98 heavy (non-hydrogen) atoms. The van der Waals surface area contributed by atoms with Gasteiger partial charge in [0.2, 0.25) is 17.7 Å². The number of ether oxygens (including phenoxy) is 6. The number of methoxy groups -OCH3 is 2. The van der Waals surface area contributed by atoms with Crippen molar-refractivity contribution in [3.8, 4) is 0 Å². The first kappa shape index (κ1) is 83.1. The predicted molar refractivity (Wildman–Crippen MR) is 358 cm³/mol. The van der Waals surface area contributed by atoms with Gasteiger partial charge >= 0.3 is 36.3 Å². The van der Waals surface area contributed by atoms with Crippen molar-refractivity contribution >= 4 is 82.9 Å². The number of amides is 7. The molecule has 7 aliphatic heterocycles. The summed E-state index contributed by atoms with van der Waals surface area (Å²) < 4.78 is 30.6. The Kier molecular flexibility index (Phi) is 30.7. The van der Waals surface area contributed by atoms with Crippen molar-refractivity contribution in [2.75, 3.05) is 40.4 Å². The number of alkyl carbamates (subject to hydrolysis) is 4. The standard InChI is InChI=1S/C18H30N2O5.2C17H26N2O5.C16H27N3O5.CH4/c1-18(2,3)25-17(23)20-13-10-19-9-5-6-11-7-8-12(16(22)24-4)14(11)15(13)21;1-10(20)14-8-5-11-9-12(21)6-7-13(15(22)19(11)14)18-16(23)24-17(2,3)4;1-10(20)14-8-6-11-5-7-12(21)9-13(15(22)19(11)14)18-16(23)24-17(2,3)4;1-16(2,3)24-15(22)18-11-9-17-8-7-10-5-6-12(14(21)23-4)19(10)13(11)20;/h11-14,19H,5-10H2,1-4H3,(H,20,23);2*11,13-14H,5-9H2,1-4H3,(H,18,23);10-12,17H,5-9H2,1-4H3,(H,18,22);1H4/t11-,12+,13-,14?;11-,13?,14+;11-,13?,14-;10-,11+,12+;/m0101./s1. The molecule has 3 unspecified atom stereocenters. The fourth-order valence-corrected chi connectivity index (χ4v) is 13.9. The number of hydrogen-bond acceptors (Lipinski definition) is 22. The summed E-state index contributed by atoms with van der Waals surface area (Å²) in [4.78, 5) is 177. The van der Waals surface area contributed by atoms with Crippen LogP contribution in [0.3, 0.4) is 0 Å². The third kappa shape index (κ3) is 24.8. The average molecular weight is 1390 g/mol. The van der Waals surface area contributed by atoms with Crippen molar-refractivity contribution in [3.05, 3.63) is 0 Å². The lowest BCUT2D eigenvalue weighted by Crippen LogP contribution is -2.59. The van der Waals surface area contributed by atoms with E-state index in [0.717, 1.165) is 45.2 Å². The third-order valence-corrected chi connectivity index (χ3v) is 17.9. The largest absolute Gasteiger partial charge is 0.469 e. The van der Waals surface area contributed by atoms with Crippen LogP contribution in [0.5, 0.6) is 0 Å². The zero-order valence-electron chi connectivity index (χ0n) is 59.9. The summed E-state index contributed by atoms with van der Waals surface area (Å²) in [5.74, 6) is -2.57. The zero-order chi connectivity index (χ0) is 72.7. The van der Waals surface area contributed by atoms with E-state index in [2.05, 4.69) is 31.9 Å². The second kappa shape index (κ2) is 36.2. The van der Waals surface area contributed by atoms with E-state index in [1.807, 2.05) is 0 Å². The molecule has 13 atom stereocenters. The molecule has 0 radical (unpaired) electrons. The van der Waals surface area contributed by atoms with Crippen molar-refractivity contribution in [2.45, 2.75) is 296 Å². The third-order valence-electron chi connectivity index (χ3n) is 17.9. The van der Waals surface area contributed by atoms with Crippen molar-refractivity contribution in [2.24, 2.45) is 17.8 Å². The molecule has 554 valence electrons. The highest BCUT2D eigenvalue weighted by molar-refractivity contribution is 5.97. The first-order chi connectivity index (χ1) is 45.1. The molecule has 6 N–H and O–H groups in total. The van der Waals surface area contributed by atoms with Gasteiger partial charge in [0.25, 0.3) is 0 Å². The van der Waals surface area contributed by atoms with Crippen LogP contribution in [0.15, 0.2) is 0 Å². The number of nitrogens with one attached hydrogen (secondary N) is 6. The van der Waals surface area contributed by atoms with Gasteiger partial charge in [-0.15, -0.1) is 0 Å². The minimum absolute atomic E-state index is 0. The number of nitrogens with zero attached hydrogens (tertiary/aromatic N) is 3. The van der Waals surface area contributed by atoms with Gasteiger partial charge in [0.1, 0.15) is 64.2 Å². The van der Waals surface area contributed by atoms with E-state index in [9.17, 15) is 67.1 Å². The van der Waals surface area contributed by atoms with Gasteiger partial charge in [-0.1, -0.05) is 7.43 Å². The smallest absolute Gasteiger partial charge is 0.408 e. The molecule has 29 heteroatoms. The molecule has 7 saturated heterocycles. The number of carbonyl (C=O) groups is 14. The Morgan fingerprint density at radius 3 is 1.33 bits per heavy atom. The topological polar surface area (TPSA) is 376 Å². The van der Waals surface area contributed by atoms with Crippen LogP contribution < -0.4 is 31.9 Å². The molecule has 8 fully saturated rings. The molecule has 1 saturated carbocycles. The number of ketones is 5. The zero-order valence-corrected chi connectivity index (χ0v) is 59.9. The Morgan fingerprint density at radius 2 is 0.816 bits per heavy atom. The highest BCUT2D eigenvalue weighted by atomic mass is 16.6. The number of carbonyl (C=O) groups excluding carboxylic acids is 14. The summed E-state index contributed by atoms with van der Waals surface area (Å²) in [6.07, 6.45) is 6.94. The number of Topliss-reactive ketones (excluding diaryl/α,β-unsaturated/α-hetero) is 5. The molecule has 0 aromatic heterocycles. The van der Waals surface area contributed by atoms with Crippen molar-refractivity contribution < 1.29 is 95.5 Å². The van der Waals surface area contributed by atoms with Gasteiger partial charge in [0.05, 0.1) is 32.2 Å². The lowest BCUT2D eigenvalue weighted by molar-refractivity contribution is -0.153. The Bertz CT molecular complexity index is 2880. The second-order valence-corrected chi connectivity index (χ2v) is 30.3. The van der Waals surface area contributed by atoms with Crippen molar-refractivity contribution in [1.29, 1.82) is 0 Å². The maximum atomic E-state index is 13.1. The van der Waals surface area contributed by atoms with Crippen LogP contribution in [-0.4, -0.2) is 221 Å². The van der Waals surface area contributed by atoms with Crippen LogP contribution in [0.1, 0.15) is 214 Å². The van der Waals surface area contributed by atoms with Gasteiger partial charge < -0.3 is 75.0 Å². The summed E-state index contributed by atoms with van der Waals surface area (Å²) >= 11 is 0. The Morgan fingerprint density at radius 1 is 0.418 bits per heavy atom. The fraction of sp³-hybridized carbons (Fsp3) is 0.797. The molecule has 7 heterocycles. The first-order valence-electron chi connectivity index (χ1n) is 34.2. The maximum Gasteiger partial charge on any atom is 0.408 e. The first-order valence-corrected chi connectivity index (χ1v) is 34.2. The summed E-state index contributed by atoms with van der Waals surface area (Å²) in [7, 11) is 2.68. The Hall–Kier alpha value is -7.30. The van der Waals surface area contributed by atoms with Crippen LogP contribution in [0, 0.1) is 17.8 Å². The van der Waals surface area contributed by atoms with Crippen molar-refractivity contribution in [3.63, 3.8) is 0 Å². The van der Waals surface area contributed by atoms with Crippen LogP contribution in [-0.2, 0) is 76.4 Å². The van der Waals surface area contributed by atoms with Gasteiger partial charge in [-0.2, -0.15) is 0 Å². The van der Waals surface area contributed by atoms with Crippen molar-refractivity contribution in [1.82, 2.24) is 46.6 Å². The summed E-state index contributed by atoms with van der Waals surface area (Å²) in [6, 6.07) is -5.21. The monoisotopic (exact) mass is 1390 g/mol. The lowest BCUT2D eigenvalue weighted by Gasteiger charge is -2.35. The maximum absolute atomic E-state index is 13.1. The minimum Gasteiger partial charge on any atom is -0.469 e. The fourth-order valence-electron chi connectivity index (χ4n) is 13.9. The van der Waals surface area contributed by atoms with Gasteiger partial charge in [-0.3, -0.25) is 43.2 Å². The molecule has 7 amide bonds. The average Bonchev–Trinajstić information content (AvgIpc) is 1.63. The van der Waals surface area contributed by atoms with Crippen LogP contribution in [0.2, 0.25) is 0 Å². The van der Waals surface area contributed by atoms with E-state index in [4.69, 9.17) is 28.4 Å². The number of rotatable bonds is 8. The molecule has 8 aliphatic rings. The molecule has 0 bridgehead atoms. The number of esters is 2. The molecule has 1 aliphatic carbocycles. The molecule has 0 aromatic rings. The predicted octanol–water partition coefficient (Wildman–Crippen LogP) is 5.85. The van der Waals surface area contributed by atoms with E-state index >= 15 is 0 Å². The molecule has 29 nitrogen and oxygen atoms in total. The van der Waals surface area contributed by atoms with E-state index in [0.29, 0.717) is 64.5 Å². The Balaban J connectivity index is 0.000000277. The van der Waals surface area contributed by atoms with Crippen LogP contribution >= 0.6 is 0 Å². The van der Waals surface area contributed by atoms with Crippen LogP contribution in [0.25, 0.3) is 0 Å². The molecular weight excluding hydrogens is 1270 g/mol. The van der Waals surface area contributed by atoms with E-state index in [-0.39, 0.29) is 110 Å². The SMILES string of the molecule is C.CC(=O)[C@@H]1CC[C@@H]2CC(=O)CCC(NC(=O)OC(C)(C)C)C(=O)N21.CC(=O)[C@@H]1CC[C@@H]2CCC(=O)CC(NC(=O)OC(C)(C)C)C(=O)N21.COC(=O)[C@@H]1CC[C@@H]2CCCNC[C@H](NC(=O)OC(C)(C)C)C(=O)C21.COC(=O)[C@@H]1CC[C@@H]2CCNC[C@H](NC(=O)OC(C)(C)C)C(=O)N21.